The van der Waals surface area contributed by atoms with E-state index in [4.69, 9.17) is 0 Å². The summed E-state index contributed by atoms with van der Waals surface area (Å²) in [6, 6.07) is 13.2. The average molecular weight is 310 g/mol. The molecule has 0 unspecified atom stereocenters. The topological polar surface area (TPSA) is 49.4 Å². The monoisotopic (exact) mass is 310 g/mol. The zero-order valence-corrected chi connectivity index (χ0v) is 12.5. The summed E-state index contributed by atoms with van der Waals surface area (Å²) >= 11 is 0. The lowest BCUT2D eigenvalue weighted by Crippen LogP contribution is -2.30. The highest BCUT2D eigenvalue weighted by atomic mass is 19.1. The third-order valence-corrected chi connectivity index (χ3v) is 3.63. The molecule has 0 aromatic heterocycles. The Balaban J connectivity index is 1.82. The summed E-state index contributed by atoms with van der Waals surface area (Å²) in [5.41, 5.74) is 2.29. The Morgan fingerprint density at radius 3 is 2.48 bits per heavy atom. The fourth-order valence-corrected chi connectivity index (χ4v) is 2.34. The number of hydrogen-bond acceptors (Lipinski definition) is 2. The van der Waals surface area contributed by atoms with Crippen molar-refractivity contribution in [2.45, 2.75) is 13.5 Å². The summed E-state index contributed by atoms with van der Waals surface area (Å²) in [4.78, 5) is 25.5. The average Bonchev–Trinajstić information content (AvgIpc) is 2.79. The first-order valence-corrected chi connectivity index (χ1v) is 7.19. The smallest absolute Gasteiger partial charge is 0.303 e. The lowest BCUT2D eigenvalue weighted by atomic mass is 10.1. The second-order valence-corrected chi connectivity index (χ2v) is 5.39. The number of nitrogens with one attached hydrogen (secondary N) is 1. The van der Waals surface area contributed by atoms with Crippen molar-refractivity contribution in [2.24, 2.45) is 0 Å². The maximum Gasteiger partial charge on any atom is 0.329 e. The molecular weight excluding hydrogens is 295 g/mol. The van der Waals surface area contributed by atoms with E-state index in [2.05, 4.69) is 5.32 Å². The Hall–Kier alpha value is -2.95. The van der Waals surface area contributed by atoms with Crippen LogP contribution in [0.25, 0.3) is 6.08 Å². The molecule has 0 atom stereocenters. The number of urea groups is 1. The molecule has 5 heteroatoms. The van der Waals surface area contributed by atoms with Crippen LogP contribution in [0.4, 0.5) is 9.18 Å². The van der Waals surface area contributed by atoms with Crippen molar-refractivity contribution >= 4 is 18.0 Å². The van der Waals surface area contributed by atoms with E-state index in [1.807, 2.05) is 31.2 Å². The fourth-order valence-electron chi connectivity index (χ4n) is 2.34. The molecule has 1 heterocycles. The first kappa shape index (κ1) is 15.0. The van der Waals surface area contributed by atoms with Crippen molar-refractivity contribution in [1.29, 1.82) is 0 Å². The standard InChI is InChI=1S/C18H15FN2O2/c1-12-6-8-13(9-7-12)11-21-17(22)16(20-18(21)23)10-14-4-2-3-5-15(14)19/h2-10H,11H2,1H3,(H,20,23)/b16-10+. The normalized spacial score (nSPS) is 16.1. The zero-order valence-electron chi connectivity index (χ0n) is 12.5. The van der Waals surface area contributed by atoms with Crippen LogP contribution in [0.15, 0.2) is 54.2 Å². The first-order chi connectivity index (χ1) is 11.0. The van der Waals surface area contributed by atoms with E-state index in [1.165, 1.54) is 12.1 Å². The van der Waals surface area contributed by atoms with Crippen molar-refractivity contribution in [3.05, 3.63) is 76.7 Å². The van der Waals surface area contributed by atoms with Crippen molar-refractivity contribution in [3.63, 3.8) is 0 Å². The van der Waals surface area contributed by atoms with Gasteiger partial charge in [-0.2, -0.15) is 0 Å². The van der Waals surface area contributed by atoms with Crippen LogP contribution in [0.2, 0.25) is 0 Å². The van der Waals surface area contributed by atoms with E-state index in [1.54, 1.807) is 18.2 Å². The molecule has 1 fully saturated rings. The fraction of sp³-hybridized carbons (Fsp3) is 0.111. The molecule has 0 radical (unpaired) electrons. The molecule has 116 valence electrons. The number of carbonyl (C=O) groups excluding carboxylic acids is 2. The lowest BCUT2D eigenvalue weighted by Gasteiger charge is -2.11. The number of halogens is 1. The van der Waals surface area contributed by atoms with Gasteiger partial charge in [-0.05, 0) is 24.6 Å². The minimum atomic E-state index is -0.502. The summed E-state index contributed by atoms with van der Waals surface area (Å²) < 4.78 is 13.7. The van der Waals surface area contributed by atoms with Gasteiger partial charge in [0.15, 0.2) is 0 Å². The minimum Gasteiger partial charge on any atom is -0.303 e. The largest absolute Gasteiger partial charge is 0.329 e. The molecule has 1 N–H and O–H groups in total. The molecule has 0 saturated carbocycles. The van der Waals surface area contributed by atoms with Gasteiger partial charge in [-0.15, -0.1) is 0 Å². The third kappa shape index (κ3) is 3.13. The number of benzene rings is 2. The van der Waals surface area contributed by atoms with E-state index in [9.17, 15) is 14.0 Å². The van der Waals surface area contributed by atoms with Crippen molar-refractivity contribution < 1.29 is 14.0 Å². The number of rotatable bonds is 3. The molecule has 0 aliphatic carbocycles. The maximum atomic E-state index is 13.7. The van der Waals surface area contributed by atoms with Gasteiger partial charge in [0.2, 0.25) is 0 Å². The molecule has 4 nitrogen and oxygen atoms in total. The van der Waals surface area contributed by atoms with E-state index in [0.717, 1.165) is 16.0 Å². The highest BCUT2D eigenvalue weighted by Crippen LogP contribution is 2.18. The predicted octanol–water partition coefficient (Wildman–Crippen LogP) is 3.23. The van der Waals surface area contributed by atoms with Crippen LogP contribution in [0, 0.1) is 12.7 Å². The minimum absolute atomic E-state index is 0.0761. The number of nitrogens with zero attached hydrogens (tertiary/aromatic N) is 1. The van der Waals surface area contributed by atoms with Crippen molar-refractivity contribution in [1.82, 2.24) is 10.2 Å². The van der Waals surface area contributed by atoms with E-state index >= 15 is 0 Å². The van der Waals surface area contributed by atoms with Crippen LogP contribution in [0.5, 0.6) is 0 Å². The van der Waals surface area contributed by atoms with Gasteiger partial charge in [0, 0.05) is 5.56 Å². The Bertz CT molecular complexity index is 797. The van der Waals surface area contributed by atoms with Crippen LogP contribution >= 0.6 is 0 Å². The molecule has 2 aromatic rings. The molecular formula is C18H15FN2O2. The highest BCUT2D eigenvalue weighted by molar-refractivity contribution is 6.13. The summed E-state index contributed by atoms with van der Waals surface area (Å²) in [5.74, 6) is -0.905. The molecule has 2 aromatic carbocycles. The van der Waals surface area contributed by atoms with Crippen LogP contribution in [0.3, 0.4) is 0 Å². The van der Waals surface area contributed by atoms with Crippen LogP contribution in [-0.2, 0) is 11.3 Å². The van der Waals surface area contributed by atoms with Crippen LogP contribution < -0.4 is 5.32 Å². The van der Waals surface area contributed by atoms with Gasteiger partial charge in [0.05, 0.1) is 6.54 Å². The maximum absolute atomic E-state index is 13.7. The Kier molecular flexibility index (Phi) is 3.93. The highest BCUT2D eigenvalue weighted by Gasteiger charge is 2.33. The van der Waals surface area contributed by atoms with E-state index in [0.29, 0.717) is 0 Å². The molecule has 3 rings (SSSR count). The zero-order chi connectivity index (χ0) is 16.4. The summed E-state index contributed by atoms with van der Waals surface area (Å²) in [5, 5.41) is 2.49. The summed E-state index contributed by atoms with van der Waals surface area (Å²) in [7, 11) is 0. The van der Waals surface area contributed by atoms with Gasteiger partial charge in [-0.1, -0.05) is 48.0 Å². The number of amides is 3. The van der Waals surface area contributed by atoms with Gasteiger partial charge in [-0.3, -0.25) is 9.69 Å². The second-order valence-electron chi connectivity index (χ2n) is 5.39. The second kappa shape index (κ2) is 6.04. The quantitative estimate of drug-likeness (QED) is 0.699. The molecule has 3 amide bonds. The molecule has 1 aliphatic heterocycles. The van der Waals surface area contributed by atoms with Gasteiger partial charge in [0.1, 0.15) is 11.5 Å². The number of aryl methyl sites for hydroxylation is 1. The Labute approximate surface area is 133 Å². The summed E-state index contributed by atoms with van der Waals surface area (Å²) in [6.45, 7) is 2.15. The Morgan fingerprint density at radius 2 is 1.78 bits per heavy atom. The molecule has 0 spiro atoms. The van der Waals surface area contributed by atoms with Gasteiger partial charge in [0.25, 0.3) is 5.91 Å². The molecule has 1 saturated heterocycles. The predicted molar refractivity (Wildman–Crippen MR) is 84.6 cm³/mol. The Morgan fingerprint density at radius 1 is 1.09 bits per heavy atom. The number of imide groups is 1. The number of carbonyl (C=O) groups is 2. The van der Waals surface area contributed by atoms with Crippen LogP contribution in [-0.4, -0.2) is 16.8 Å². The van der Waals surface area contributed by atoms with E-state index < -0.39 is 17.8 Å². The number of hydrogen-bond donors (Lipinski definition) is 1. The van der Waals surface area contributed by atoms with Gasteiger partial charge < -0.3 is 5.32 Å². The SMILES string of the molecule is Cc1ccc(CN2C(=O)N/C(=C/c3ccccc3F)C2=O)cc1. The van der Waals surface area contributed by atoms with Crippen LogP contribution in [0.1, 0.15) is 16.7 Å². The van der Waals surface area contributed by atoms with Crippen molar-refractivity contribution in [3.8, 4) is 0 Å². The summed E-state index contributed by atoms with van der Waals surface area (Å²) in [6.07, 6.45) is 1.35. The van der Waals surface area contributed by atoms with Gasteiger partial charge in [-0.25, -0.2) is 9.18 Å². The molecule has 0 bridgehead atoms. The van der Waals surface area contributed by atoms with Gasteiger partial charge >= 0.3 is 6.03 Å². The lowest BCUT2D eigenvalue weighted by molar-refractivity contribution is -0.123. The molecule has 1 aliphatic rings. The molecule has 23 heavy (non-hydrogen) atoms. The first-order valence-electron chi connectivity index (χ1n) is 7.19. The van der Waals surface area contributed by atoms with E-state index in [-0.39, 0.29) is 17.8 Å². The third-order valence-electron chi connectivity index (χ3n) is 3.63. The van der Waals surface area contributed by atoms with Crippen molar-refractivity contribution in [2.75, 3.05) is 0 Å².